The molecule has 0 spiro atoms. The molecule has 0 bridgehead atoms. The van der Waals surface area contributed by atoms with Crippen molar-refractivity contribution in [3.63, 3.8) is 0 Å². The van der Waals surface area contributed by atoms with Crippen molar-refractivity contribution in [2.24, 2.45) is 5.92 Å². The average molecular weight is 310 g/mol. The van der Waals surface area contributed by atoms with Crippen LogP contribution in [-0.4, -0.2) is 15.3 Å². The highest BCUT2D eigenvalue weighted by Crippen LogP contribution is 2.28. The Bertz CT molecular complexity index is 610. The van der Waals surface area contributed by atoms with Gasteiger partial charge in [0, 0.05) is 23.9 Å². The van der Waals surface area contributed by atoms with E-state index in [4.69, 9.17) is 0 Å². The Hall–Kier alpha value is -1.90. The summed E-state index contributed by atoms with van der Waals surface area (Å²) in [5.41, 5.74) is 2.13. The van der Waals surface area contributed by atoms with Crippen molar-refractivity contribution in [2.45, 2.75) is 57.9 Å². The van der Waals surface area contributed by atoms with Crippen LogP contribution in [0.4, 0.5) is 0 Å². The van der Waals surface area contributed by atoms with E-state index in [0.717, 1.165) is 31.2 Å². The molecule has 0 N–H and O–H groups in total. The van der Waals surface area contributed by atoms with Crippen LogP contribution in [0.2, 0.25) is 0 Å². The van der Waals surface area contributed by atoms with Gasteiger partial charge in [0.15, 0.2) is 5.78 Å². The van der Waals surface area contributed by atoms with Gasteiger partial charge in [0.05, 0.1) is 12.4 Å². The van der Waals surface area contributed by atoms with E-state index in [1.807, 2.05) is 30.9 Å². The van der Waals surface area contributed by atoms with Gasteiger partial charge in [-0.2, -0.15) is 0 Å². The number of imidazole rings is 1. The van der Waals surface area contributed by atoms with E-state index < -0.39 is 0 Å². The number of carbonyl (C=O) groups is 1. The summed E-state index contributed by atoms with van der Waals surface area (Å²) in [6.45, 7) is 2.20. The van der Waals surface area contributed by atoms with Crippen molar-refractivity contribution in [2.75, 3.05) is 0 Å². The molecule has 1 fully saturated rings. The molecule has 1 unspecified atom stereocenters. The highest BCUT2D eigenvalue weighted by molar-refractivity contribution is 5.97. The Morgan fingerprint density at radius 3 is 2.57 bits per heavy atom. The van der Waals surface area contributed by atoms with E-state index in [0.29, 0.717) is 11.8 Å². The topological polar surface area (TPSA) is 34.9 Å². The lowest BCUT2D eigenvalue weighted by Gasteiger charge is -2.21. The van der Waals surface area contributed by atoms with Crippen LogP contribution in [0.3, 0.4) is 0 Å². The molecule has 3 heteroatoms. The number of carbonyl (C=O) groups excluding carboxylic acids is 1. The quantitative estimate of drug-likeness (QED) is 0.701. The molecule has 1 heterocycles. The minimum absolute atomic E-state index is 0.245. The van der Waals surface area contributed by atoms with E-state index in [1.165, 1.54) is 24.8 Å². The smallest absolute Gasteiger partial charge is 0.165 e. The number of ketones is 1. The molecule has 1 saturated carbocycles. The lowest BCUT2D eigenvalue weighted by Crippen LogP contribution is -2.18. The Morgan fingerprint density at radius 2 is 1.96 bits per heavy atom. The van der Waals surface area contributed by atoms with E-state index >= 15 is 0 Å². The number of nitrogens with zero attached hydrogens (tertiary/aromatic N) is 2. The lowest BCUT2D eigenvalue weighted by molar-refractivity contribution is 0.0889. The summed E-state index contributed by atoms with van der Waals surface area (Å²) in [4.78, 5) is 16.8. The molecule has 1 aromatic carbocycles. The predicted octanol–water partition coefficient (Wildman–Crippen LogP) is 5.04. The SMILES string of the molecule is CCCC(c1ccc(C(=O)C2CCCCC2)cc1)n1ccnc1. The number of benzene rings is 1. The number of Topliss-reactive ketones (excluding diaryl/α,β-unsaturated/α-hetero) is 1. The van der Waals surface area contributed by atoms with Gasteiger partial charge in [0.25, 0.3) is 0 Å². The molecule has 2 aromatic rings. The molecule has 3 rings (SSSR count). The maximum Gasteiger partial charge on any atom is 0.165 e. The van der Waals surface area contributed by atoms with Crippen LogP contribution >= 0.6 is 0 Å². The summed E-state index contributed by atoms with van der Waals surface area (Å²) in [6.07, 6.45) is 13.7. The van der Waals surface area contributed by atoms with Crippen LogP contribution < -0.4 is 0 Å². The first-order valence-corrected chi connectivity index (χ1v) is 8.91. The fraction of sp³-hybridized carbons (Fsp3) is 0.500. The van der Waals surface area contributed by atoms with Gasteiger partial charge in [0.1, 0.15) is 0 Å². The molecular weight excluding hydrogens is 284 g/mol. The van der Waals surface area contributed by atoms with Crippen molar-refractivity contribution < 1.29 is 4.79 Å². The molecule has 0 aliphatic heterocycles. The lowest BCUT2D eigenvalue weighted by atomic mass is 9.83. The van der Waals surface area contributed by atoms with Crippen LogP contribution in [0, 0.1) is 5.92 Å². The summed E-state index contributed by atoms with van der Waals surface area (Å²) in [6, 6.07) is 8.59. The van der Waals surface area contributed by atoms with Gasteiger partial charge >= 0.3 is 0 Å². The summed E-state index contributed by atoms with van der Waals surface area (Å²) in [7, 11) is 0. The third kappa shape index (κ3) is 3.72. The van der Waals surface area contributed by atoms with Crippen molar-refractivity contribution in [1.82, 2.24) is 9.55 Å². The van der Waals surface area contributed by atoms with Crippen LogP contribution in [0.1, 0.15) is 73.8 Å². The maximum atomic E-state index is 12.6. The molecule has 1 aromatic heterocycles. The van der Waals surface area contributed by atoms with Gasteiger partial charge in [-0.15, -0.1) is 0 Å². The highest BCUT2D eigenvalue weighted by atomic mass is 16.1. The minimum atomic E-state index is 0.245. The van der Waals surface area contributed by atoms with Crippen molar-refractivity contribution >= 4 is 5.78 Å². The van der Waals surface area contributed by atoms with E-state index in [9.17, 15) is 4.79 Å². The van der Waals surface area contributed by atoms with Crippen LogP contribution in [0.15, 0.2) is 43.0 Å². The Kier molecular flexibility index (Phi) is 5.27. The molecule has 0 saturated heterocycles. The van der Waals surface area contributed by atoms with E-state index in [-0.39, 0.29) is 5.92 Å². The maximum absolute atomic E-state index is 12.6. The molecule has 3 nitrogen and oxygen atoms in total. The van der Waals surface area contributed by atoms with Crippen molar-refractivity contribution in [1.29, 1.82) is 0 Å². The summed E-state index contributed by atoms with van der Waals surface area (Å²) < 4.78 is 2.15. The molecule has 0 amide bonds. The number of rotatable bonds is 6. The first kappa shape index (κ1) is 16.0. The Labute approximate surface area is 138 Å². The number of hydrogen-bond acceptors (Lipinski definition) is 2. The molecule has 1 aliphatic carbocycles. The first-order valence-electron chi connectivity index (χ1n) is 8.91. The third-order valence-electron chi connectivity index (χ3n) is 5.00. The zero-order valence-electron chi connectivity index (χ0n) is 13.9. The normalized spacial score (nSPS) is 17.1. The van der Waals surface area contributed by atoms with Gasteiger partial charge in [-0.25, -0.2) is 4.98 Å². The fourth-order valence-corrected chi connectivity index (χ4v) is 3.69. The molecular formula is C20H26N2O. The third-order valence-corrected chi connectivity index (χ3v) is 5.00. The largest absolute Gasteiger partial charge is 0.330 e. The van der Waals surface area contributed by atoms with Crippen molar-refractivity contribution in [3.05, 3.63) is 54.1 Å². The summed E-state index contributed by atoms with van der Waals surface area (Å²) >= 11 is 0. The standard InChI is InChI=1S/C20H26N2O/c1-2-6-19(22-14-13-21-15-22)16-9-11-18(12-10-16)20(23)17-7-4-3-5-8-17/h9-15,17,19H,2-8H2,1H3. The minimum Gasteiger partial charge on any atom is -0.330 e. The van der Waals surface area contributed by atoms with Gasteiger partial charge in [0.2, 0.25) is 0 Å². The second-order valence-corrected chi connectivity index (χ2v) is 6.64. The van der Waals surface area contributed by atoms with E-state index in [1.54, 1.807) is 0 Å². The molecule has 23 heavy (non-hydrogen) atoms. The van der Waals surface area contributed by atoms with Crippen LogP contribution in [0.25, 0.3) is 0 Å². The highest BCUT2D eigenvalue weighted by Gasteiger charge is 2.22. The van der Waals surface area contributed by atoms with Gasteiger partial charge in [-0.1, -0.05) is 56.9 Å². The van der Waals surface area contributed by atoms with Crippen LogP contribution in [-0.2, 0) is 0 Å². The van der Waals surface area contributed by atoms with Gasteiger partial charge < -0.3 is 4.57 Å². The van der Waals surface area contributed by atoms with Gasteiger partial charge in [-0.05, 0) is 24.8 Å². The summed E-state index contributed by atoms with van der Waals surface area (Å²) in [5.74, 6) is 0.584. The fourth-order valence-electron chi connectivity index (χ4n) is 3.69. The predicted molar refractivity (Wildman–Crippen MR) is 92.6 cm³/mol. The Balaban J connectivity index is 1.76. The zero-order chi connectivity index (χ0) is 16.1. The average Bonchev–Trinajstić information content (AvgIpc) is 3.14. The van der Waals surface area contributed by atoms with Crippen molar-refractivity contribution in [3.8, 4) is 0 Å². The Morgan fingerprint density at radius 1 is 1.22 bits per heavy atom. The first-order chi connectivity index (χ1) is 11.3. The molecule has 122 valence electrons. The second kappa shape index (κ2) is 7.58. The zero-order valence-corrected chi connectivity index (χ0v) is 13.9. The van der Waals surface area contributed by atoms with E-state index in [2.05, 4.69) is 28.6 Å². The molecule has 1 atom stereocenters. The van der Waals surface area contributed by atoms with Gasteiger partial charge in [-0.3, -0.25) is 4.79 Å². The molecule has 1 aliphatic rings. The monoisotopic (exact) mass is 310 g/mol. The number of aromatic nitrogens is 2. The second-order valence-electron chi connectivity index (χ2n) is 6.64. The summed E-state index contributed by atoms with van der Waals surface area (Å²) in [5, 5.41) is 0. The van der Waals surface area contributed by atoms with Crippen LogP contribution in [0.5, 0.6) is 0 Å². The molecule has 0 radical (unpaired) electrons. The number of hydrogen-bond donors (Lipinski definition) is 0.